The quantitative estimate of drug-likeness (QED) is 0.660. The van der Waals surface area contributed by atoms with Crippen LogP contribution in [0.3, 0.4) is 0 Å². The van der Waals surface area contributed by atoms with Gasteiger partial charge in [0.1, 0.15) is 0 Å². The van der Waals surface area contributed by atoms with Gasteiger partial charge in [0.25, 0.3) is 0 Å². The average molecular weight is 258 g/mol. The molecule has 1 rings (SSSR count). The lowest BCUT2D eigenvalue weighted by atomic mass is 10.4. The third kappa shape index (κ3) is 6.05. The summed E-state index contributed by atoms with van der Waals surface area (Å²) in [4.78, 5) is 2.21. The summed E-state index contributed by atoms with van der Waals surface area (Å²) >= 11 is 1.80. The Morgan fingerprint density at radius 1 is 1.53 bits per heavy atom. The van der Waals surface area contributed by atoms with Crippen molar-refractivity contribution in [2.75, 3.05) is 25.8 Å². The lowest BCUT2D eigenvalue weighted by Gasteiger charge is -2.12. The van der Waals surface area contributed by atoms with Crippen molar-refractivity contribution in [3.05, 3.63) is 11.9 Å². The third-order valence-corrected chi connectivity index (χ3v) is 2.84. The highest BCUT2D eigenvalue weighted by Crippen LogP contribution is 2.02. The van der Waals surface area contributed by atoms with Crippen molar-refractivity contribution >= 4 is 11.8 Å². The van der Waals surface area contributed by atoms with Gasteiger partial charge in [0.2, 0.25) is 0 Å². The van der Waals surface area contributed by atoms with Crippen molar-refractivity contribution in [2.45, 2.75) is 33.0 Å². The fraction of sp³-hybridized carbons (Fsp3) is 0.818. The van der Waals surface area contributed by atoms with Crippen molar-refractivity contribution in [2.24, 2.45) is 0 Å². The van der Waals surface area contributed by atoms with Crippen LogP contribution in [0, 0.1) is 0 Å². The van der Waals surface area contributed by atoms with Gasteiger partial charge < -0.3 is 4.74 Å². The minimum absolute atomic E-state index is 0.269. The highest BCUT2D eigenvalue weighted by atomic mass is 32.2. The van der Waals surface area contributed by atoms with Crippen LogP contribution in [-0.2, 0) is 17.8 Å². The van der Waals surface area contributed by atoms with Gasteiger partial charge in [-0.3, -0.25) is 4.90 Å². The summed E-state index contributed by atoms with van der Waals surface area (Å²) in [6.45, 7) is 6.35. The monoisotopic (exact) mass is 258 g/mol. The van der Waals surface area contributed by atoms with Gasteiger partial charge in [-0.25, -0.2) is 4.68 Å². The summed E-state index contributed by atoms with van der Waals surface area (Å²) in [5.74, 6) is 1.00. The molecule has 1 aromatic rings. The van der Waals surface area contributed by atoms with Crippen LogP contribution in [0.2, 0.25) is 0 Å². The Bertz CT molecular complexity index is 316. The number of nitrogens with zero attached hydrogens (tertiary/aromatic N) is 4. The van der Waals surface area contributed by atoms with Gasteiger partial charge >= 0.3 is 0 Å². The summed E-state index contributed by atoms with van der Waals surface area (Å²) < 4.78 is 7.31. The van der Waals surface area contributed by atoms with Crippen LogP contribution < -0.4 is 0 Å². The molecule has 0 saturated heterocycles. The van der Waals surface area contributed by atoms with E-state index in [1.165, 1.54) is 0 Å². The fourth-order valence-electron chi connectivity index (χ4n) is 1.44. The lowest BCUT2D eigenvalue weighted by molar-refractivity contribution is 0.0707. The maximum Gasteiger partial charge on any atom is 0.0967 e. The Labute approximate surface area is 108 Å². The zero-order valence-corrected chi connectivity index (χ0v) is 11.9. The van der Waals surface area contributed by atoms with E-state index in [1.54, 1.807) is 11.8 Å². The van der Waals surface area contributed by atoms with E-state index in [1.807, 2.05) is 24.7 Å². The van der Waals surface area contributed by atoms with Crippen LogP contribution in [0.5, 0.6) is 0 Å². The minimum Gasteiger partial charge on any atom is -0.377 e. The maximum absolute atomic E-state index is 5.47. The Kier molecular flexibility index (Phi) is 6.54. The number of thioether (sulfide) groups is 1. The Hall–Kier alpha value is -0.590. The molecule has 5 nitrogen and oxygen atoms in total. The van der Waals surface area contributed by atoms with Gasteiger partial charge in [0.15, 0.2) is 0 Å². The zero-order valence-electron chi connectivity index (χ0n) is 11.1. The highest BCUT2D eigenvalue weighted by Gasteiger charge is 2.04. The molecule has 0 amide bonds. The van der Waals surface area contributed by atoms with Gasteiger partial charge in [0.05, 0.1) is 24.9 Å². The van der Waals surface area contributed by atoms with E-state index in [2.05, 4.69) is 28.5 Å². The normalized spacial score (nSPS) is 11.6. The molecule has 0 N–H and O–H groups in total. The lowest BCUT2D eigenvalue weighted by Crippen LogP contribution is -2.16. The van der Waals surface area contributed by atoms with Gasteiger partial charge in [-0.15, -0.1) is 16.9 Å². The molecule has 0 atom stereocenters. The highest BCUT2D eigenvalue weighted by molar-refractivity contribution is 7.98. The first-order valence-electron chi connectivity index (χ1n) is 5.80. The molecular formula is C11H22N4OS. The predicted molar refractivity (Wildman–Crippen MR) is 71.0 cm³/mol. The Balaban J connectivity index is 2.32. The van der Waals surface area contributed by atoms with Crippen LogP contribution in [0.1, 0.15) is 19.5 Å². The van der Waals surface area contributed by atoms with Crippen LogP contribution in [0.15, 0.2) is 6.20 Å². The molecule has 0 saturated carbocycles. The first kappa shape index (κ1) is 14.5. The van der Waals surface area contributed by atoms with E-state index in [-0.39, 0.29) is 6.10 Å². The molecule has 0 aliphatic rings. The largest absolute Gasteiger partial charge is 0.377 e. The Morgan fingerprint density at radius 3 is 2.94 bits per heavy atom. The smallest absolute Gasteiger partial charge is 0.0967 e. The number of hydrogen-bond donors (Lipinski definition) is 0. The molecule has 0 radical (unpaired) electrons. The number of hydrogen-bond acceptors (Lipinski definition) is 5. The molecule has 0 aliphatic carbocycles. The Morgan fingerprint density at radius 2 is 2.29 bits per heavy atom. The molecule has 1 aromatic heterocycles. The molecule has 98 valence electrons. The van der Waals surface area contributed by atoms with Gasteiger partial charge in [-0.05, 0) is 27.2 Å². The molecule has 0 aromatic carbocycles. The number of aromatic nitrogens is 3. The molecule has 1 heterocycles. The molecule has 0 spiro atoms. The number of ether oxygens (including phenoxy) is 1. The van der Waals surface area contributed by atoms with Crippen molar-refractivity contribution < 1.29 is 4.74 Å². The SMILES string of the molecule is CSCN(C)Cc1cn(CCOC(C)C)nn1. The van der Waals surface area contributed by atoms with E-state index >= 15 is 0 Å². The topological polar surface area (TPSA) is 43.2 Å². The molecule has 0 fully saturated rings. The number of rotatable bonds is 8. The molecule has 17 heavy (non-hydrogen) atoms. The van der Waals surface area contributed by atoms with Gasteiger partial charge in [-0.1, -0.05) is 5.21 Å². The van der Waals surface area contributed by atoms with Crippen molar-refractivity contribution in [1.82, 2.24) is 19.9 Å². The van der Waals surface area contributed by atoms with Gasteiger partial charge in [0, 0.05) is 18.6 Å². The van der Waals surface area contributed by atoms with Crippen molar-refractivity contribution in [1.29, 1.82) is 0 Å². The van der Waals surface area contributed by atoms with Gasteiger partial charge in [-0.2, -0.15) is 0 Å². The summed E-state index contributed by atoms with van der Waals surface area (Å²) in [6, 6.07) is 0. The summed E-state index contributed by atoms with van der Waals surface area (Å²) in [5.41, 5.74) is 1.01. The minimum atomic E-state index is 0.269. The molecular weight excluding hydrogens is 236 g/mol. The maximum atomic E-state index is 5.47. The van der Waals surface area contributed by atoms with E-state index < -0.39 is 0 Å². The molecule has 0 aliphatic heterocycles. The molecule has 0 bridgehead atoms. The molecule has 6 heteroatoms. The van der Waals surface area contributed by atoms with E-state index in [9.17, 15) is 0 Å². The second kappa shape index (κ2) is 7.68. The summed E-state index contributed by atoms with van der Waals surface area (Å²) in [7, 11) is 2.08. The third-order valence-electron chi connectivity index (χ3n) is 2.14. The first-order valence-corrected chi connectivity index (χ1v) is 7.19. The summed E-state index contributed by atoms with van der Waals surface area (Å²) in [5, 5.41) is 8.22. The van der Waals surface area contributed by atoms with Crippen LogP contribution in [0.4, 0.5) is 0 Å². The summed E-state index contributed by atoms with van der Waals surface area (Å²) in [6.07, 6.45) is 4.35. The second-order valence-electron chi connectivity index (χ2n) is 4.32. The van der Waals surface area contributed by atoms with Crippen molar-refractivity contribution in [3.8, 4) is 0 Å². The van der Waals surface area contributed by atoms with Crippen molar-refractivity contribution in [3.63, 3.8) is 0 Å². The van der Waals surface area contributed by atoms with E-state index in [4.69, 9.17) is 4.74 Å². The molecule has 0 unspecified atom stereocenters. The average Bonchev–Trinajstić information content (AvgIpc) is 2.65. The zero-order chi connectivity index (χ0) is 12.7. The van der Waals surface area contributed by atoms with E-state index in [0.29, 0.717) is 6.61 Å². The fourth-order valence-corrected chi connectivity index (χ4v) is 1.98. The van der Waals surface area contributed by atoms with Crippen LogP contribution in [-0.4, -0.2) is 51.8 Å². The second-order valence-corrected chi connectivity index (χ2v) is 5.16. The standard InChI is InChI=1S/C11H22N4OS/c1-10(2)16-6-5-15-8-11(12-13-15)7-14(3)9-17-4/h8,10H,5-7,9H2,1-4H3. The first-order chi connectivity index (χ1) is 8.11. The van der Waals surface area contributed by atoms with Crippen LogP contribution in [0.25, 0.3) is 0 Å². The predicted octanol–water partition coefficient (Wildman–Crippen LogP) is 1.46. The van der Waals surface area contributed by atoms with E-state index in [0.717, 1.165) is 24.7 Å². The van der Waals surface area contributed by atoms with Crippen LogP contribution >= 0.6 is 11.8 Å².